The van der Waals surface area contributed by atoms with Crippen LogP contribution in [0.25, 0.3) is 0 Å². The Morgan fingerprint density at radius 1 is 1.00 bits per heavy atom. The Bertz CT molecular complexity index is 657. The Balaban J connectivity index is 0.00000192. The first-order valence-corrected chi connectivity index (χ1v) is 7.42. The Morgan fingerprint density at radius 3 is 2.30 bits per heavy atom. The van der Waals surface area contributed by atoms with Crippen LogP contribution in [0.5, 0.6) is 0 Å². The molecule has 0 saturated carbocycles. The molecule has 0 aromatic heterocycles. The average molecular weight is 420 g/mol. The SMILES string of the molecule is I.NC(=NCc1ccc(N2CC=CC2)cc1)Nc1ccccc1. The van der Waals surface area contributed by atoms with Crippen LogP contribution in [0.3, 0.4) is 0 Å². The van der Waals surface area contributed by atoms with Gasteiger partial charge in [-0.05, 0) is 29.8 Å². The second-order valence-corrected chi connectivity index (χ2v) is 5.24. The summed E-state index contributed by atoms with van der Waals surface area (Å²) in [4.78, 5) is 6.69. The molecule has 0 unspecified atom stereocenters. The highest BCUT2D eigenvalue weighted by molar-refractivity contribution is 14.0. The van der Waals surface area contributed by atoms with Gasteiger partial charge in [-0.25, -0.2) is 4.99 Å². The quantitative estimate of drug-likeness (QED) is 0.344. The van der Waals surface area contributed by atoms with Crippen LogP contribution in [0.4, 0.5) is 11.4 Å². The van der Waals surface area contributed by atoms with E-state index in [1.165, 1.54) is 5.69 Å². The molecule has 3 N–H and O–H groups in total. The molecule has 0 bridgehead atoms. The number of hydrogen-bond donors (Lipinski definition) is 2. The van der Waals surface area contributed by atoms with Crippen molar-refractivity contribution in [1.29, 1.82) is 0 Å². The van der Waals surface area contributed by atoms with E-state index in [0.717, 1.165) is 24.3 Å². The molecule has 4 nitrogen and oxygen atoms in total. The fraction of sp³-hybridized carbons (Fsp3) is 0.167. The van der Waals surface area contributed by atoms with Gasteiger partial charge in [0.2, 0.25) is 0 Å². The van der Waals surface area contributed by atoms with Gasteiger partial charge in [0.15, 0.2) is 5.96 Å². The Labute approximate surface area is 154 Å². The number of anilines is 2. The fourth-order valence-electron chi connectivity index (χ4n) is 2.39. The number of aliphatic imine (C=N–C) groups is 1. The zero-order chi connectivity index (χ0) is 15.2. The van der Waals surface area contributed by atoms with Gasteiger partial charge in [-0.1, -0.05) is 42.5 Å². The highest BCUT2D eigenvalue weighted by atomic mass is 127. The van der Waals surface area contributed by atoms with E-state index >= 15 is 0 Å². The van der Waals surface area contributed by atoms with E-state index in [4.69, 9.17) is 5.73 Å². The molecule has 1 heterocycles. The topological polar surface area (TPSA) is 53.6 Å². The van der Waals surface area contributed by atoms with Gasteiger partial charge in [-0.15, -0.1) is 24.0 Å². The average Bonchev–Trinajstić information content (AvgIpc) is 3.09. The molecule has 0 radical (unpaired) electrons. The van der Waals surface area contributed by atoms with Crippen molar-refractivity contribution in [3.05, 3.63) is 72.3 Å². The zero-order valence-corrected chi connectivity index (χ0v) is 15.2. The lowest BCUT2D eigenvalue weighted by atomic mass is 10.2. The monoisotopic (exact) mass is 420 g/mol. The molecule has 0 spiro atoms. The maximum absolute atomic E-state index is 5.91. The molecule has 3 rings (SSSR count). The number of rotatable bonds is 4. The second-order valence-electron chi connectivity index (χ2n) is 5.24. The Morgan fingerprint density at radius 2 is 1.65 bits per heavy atom. The summed E-state index contributed by atoms with van der Waals surface area (Å²) in [5, 5.41) is 3.08. The number of nitrogens with one attached hydrogen (secondary N) is 1. The molecule has 1 aliphatic heterocycles. The minimum Gasteiger partial charge on any atom is -0.370 e. The van der Waals surface area contributed by atoms with Gasteiger partial charge in [0.25, 0.3) is 0 Å². The predicted octanol–water partition coefficient (Wildman–Crippen LogP) is 3.61. The van der Waals surface area contributed by atoms with Crippen LogP contribution < -0.4 is 16.0 Å². The van der Waals surface area contributed by atoms with Crippen LogP contribution >= 0.6 is 24.0 Å². The normalized spacial score (nSPS) is 13.7. The predicted molar refractivity (Wildman–Crippen MR) is 109 cm³/mol. The standard InChI is InChI=1S/C18H20N4.HI/c19-18(21-16-6-2-1-3-7-16)20-14-15-8-10-17(11-9-15)22-12-4-5-13-22;/h1-11H,12-14H2,(H3,19,20,21);1H. The summed E-state index contributed by atoms with van der Waals surface area (Å²) in [6.07, 6.45) is 4.38. The van der Waals surface area contributed by atoms with Crippen LogP contribution in [0, 0.1) is 0 Å². The second kappa shape index (κ2) is 8.57. The summed E-state index contributed by atoms with van der Waals surface area (Å²) in [5.41, 5.74) is 9.24. The van der Waals surface area contributed by atoms with Crippen molar-refractivity contribution in [3.63, 3.8) is 0 Å². The minimum absolute atomic E-state index is 0. The Hall–Kier alpha value is -2.02. The lowest BCUT2D eigenvalue weighted by Gasteiger charge is -2.17. The van der Waals surface area contributed by atoms with Crippen molar-refractivity contribution in [3.8, 4) is 0 Å². The molecule has 0 saturated heterocycles. The van der Waals surface area contributed by atoms with Crippen LogP contribution in [-0.4, -0.2) is 19.0 Å². The number of nitrogens with zero attached hydrogens (tertiary/aromatic N) is 2. The summed E-state index contributed by atoms with van der Waals surface area (Å²) >= 11 is 0. The number of guanidine groups is 1. The van der Waals surface area contributed by atoms with Crippen LogP contribution in [0.15, 0.2) is 71.7 Å². The molecular formula is C18H21IN4. The molecule has 0 atom stereocenters. The summed E-state index contributed by atoms with van der Waals surface area (Å²) in [7, 11) is 0. The van der Waals surface area contributed by atoms with Gasteiger partial charge in [-0.3, -0.25) is 0 Å². The van der Waals surface area contributed by atoms with Gasteiger partial charge in [0.05, 0.1) is 6.54 Å². The number of para-hydroxylation sites is 1. The third-order valence-electron chi connectivity index (χ3n) is 3.60. The summed E-state index contributed by atoms with van der Waals surface area (Å²) in [6.45, 7) is 2.56. The molecule has 2 aromatic rings. The first-order valence-electron chi connectivity index (χ1n) is 7.42. The minimum atomic E-state index is 0. The fourth-order valence-corrected chi connectivity index (χ4v) is 2.39. The third-order valence-corrected chi connectivity index (χ3v) is 3.60. The lowest BCUT2D eigenvalue weighted by molar-refractivity contribution is 1.000. The molecule has 0 fully saturated rings. The summed E-state index contributed by atoms with van der Waals surface area (Å²) < 4.78 is 0. The number of hydrogen-bond acceptors (Lipinski definition) is 2. The van der Waals surface area contributed by atoms with Gasteiger partial charge >= 0.3 is 0 Å². The molecule has 120 valence electrons. The maximum Gasteiger partial charge on any atom is 0.193 e. The van der Waals surface area contributed by atoms with Crippen molar-refractivity contribution < 1.29 is 0 Å². The maximum atomic E-state index is 5.91. The molecule has 0 amide bonds. The van der Waals surface area contributed by atoms with E-state index in [2.05, 4.69) is 51.6 Å². The number of nitrogens with two attached hydrogens (primary N) is 1. The number of benzene rings is 2. The van der Waals surface area contributed by atoms with Crippen molar-refractivity contribution in [1.82, 2.24) is 0 Å². The Kier molecular flexibility index (Phi) is 6.46. The van der Waals surface area contributed by atoms with E-state index < -0.39 is 0 Å². The third kappa shape index (κ3) is 4.99. The highest BCUT2D eigenvalue weighted by Gasteiger charge is 2.06. The van der Waals surface area contributed by atoms with Crippen LogP contribution in [0.2, 0.25) is 0 Å². The summed E-state index contributed by atoms with van der Waals surface area (Å²) in [6, 6.07) is 18.3. The molecule has 0 aliphatic carbocycles. The molecule has 1 aliphatic rings. The van der Waals surface area contributed by atoms with E-state index in [1.807, 2.05) is 30.3 Å². The number of halogens is 1. The van der Waals surface area contributed by atoms with Crippen LogP contribution in [0.1, 0.15) is 5.56 Å². The van der Waals surface area contributed by atoms with E-state index in [0.29, 0.717) is 12.5 Å². The molecule has 5 heteroatoms. The van der Waals surface area contributed by atoms with Crippen molar-refractivity contribution in [2.75, 3.05) is 23.3 Å². The molecule has 23 heavy (non-hydrogen) atoms. The molecular weight excluding hydrogens is 399 g/mol. The van der Waals surface area contributed by atoms with Gasteiger partial charge in [0.1, 0.15) is 0 Å². The largest absolute Gasteiger partial charge is 0.370 e. The van der Waals surface area contributed by atoms with E-state index in [1.54, 1.807) is 0 Å². The highest BCUT2D eigenvalue weighted by Crippen LogP contribution is 2.18. The van der Waals surface area contributed by atoms with Gasteiger partial charge in [-0.2, -0.15) is 0 Å². The first-order chi connectivity index (χ1) is 10.8. The van der Waals surface area contributed by atoms with Gasteiger partial charge < -0.3 is 16.0 Å². The summed E-state index contributed by atoms with van der Waals surface area (Å²) in [5.74, 6) is 0.430. The van der Waals surface area contributed by atoms with Gasteiger partial charge in [0, 0.05) is 24.5 Å². The van der Waals surface area contributed by atoms with Crippen molar-refractivity contribution in [2.45, 2.75) is 6.54 Å². The van der Waals surface area contributed by atoms with Crippen LogP contribution in [-0.2, 0) is 6.54 Å². The lowest BCUT2D eigenvalue weighted by Crippen LogP contribution is -2.22. The zero-order valence-electron chi connectivity index (χ0n) is 12.9. The smallest absolute Gasteiger partial charge is 0.193 e. The van der Waals surface area contributed by atoms with E-state index in [9.17, 15) is 0 Å². The first kappa shape index (κ1) is 17.3. The van der Waals surface area contributed by atoms with Crippen molar-refractivity contribution >= 4 is 41.3 Å². The van der Waals surface area contributed by atoms with Crippen molar-refractivity contribution in [2.24, 2.45) is 10.7 Å². The van der Waals surface area contributed by atoms with E-state index in [-0.39, 0.29) is 24.0 Å². The molecule has 2 aromatic carbocycles.